The topological polar surface area (TPSA) is 140 Å². The molecule has 2 unspecified atom stereocenters. The standard InChI is InChI=1S/C23H27N3O6/c1-23(2,3)32-22(30)25-12-13-5-4-6-14(9-13)20-16-10-15(27)7-8-17(16)26-21(29)18(31-20)11-19(24)28/h4-10,18,20,27H,11-12H2,1-3H3,(H2,24,28)(H,25,30)(H,26,29). The summed E-state index contributed by atoms with van der Waals surface area (Å²) < 4.78 is 11.3. The van der Waals surface area contributed by atoms with Crippen LogP contribution < -0.4 is 16.4 Å². The second kappa shape index (κ2) is 9.27. The van der Waals surface area contributed by atoms with E-state index in [0.717, 1.165) is 5.56 Å². The van der Waals surface area contributed by atoms with Gasteiger partial charge in [0.25, 0.3) is 5.91 Å². The molecule has 0 bridgehead atoms. The van der Waals surface area contributed by atoms with Gasteiger partial charge < -0.3 is 30.9 Å². The summed E-state index contributed by atoms with van der Waals surface area (Å²) in [4.78, 5) is 36.0. The molecule has 1 aliphatic heterocycles. The van der Waals surface area contributed by atoms with Crippen LogP contribution in [0, 0.1) is 0 Å². The van der Waals surface area contributed by atoms with E-state index in [1.807, 2.05) is 12.1 Å². The minimum Gasteiger partial charge on any atom is -0.508 e. The molecule has 0 radical (unpaired) electrons. The van der Waals surface area contributed by atoms with Crippen LogP contribution in [0.4, 0.5) is 10.5 Å². The smallest absolute Gasteiger partial charge is 0.407 e. The van der Waals surface area contributed by atoms with Gasteiger partial charge in [0.1, 0.15) is 23.6 Å². The molecule has 2 atom stereocenters. The number of hydrogen-bond donors (Lipinski definition) is 4. The molecule has 32 heavy (non-hydrogen) atoms. The lowest BCUT2D eigenvalue weighted by atomic mass is 9.97. The number of phenolic OH excluding ortho intramolecular Hbond substituents is 1. The third kappa shape index (κ3) is 5.98. The maximum absolute atomic E-state index is 12.6. The number of anilines is 1. The van der Waals surface area contributed by atoms with E-state index in [0.29, 0.717) is 16.8 Å². The van der Waals surface area contributed by atoms with Crippen molar-refractivity contribution in [3.63, 3.8) is 0 Å². The van der Waals surface area contributed by atoms with E-state index in [1.54, 1.807) is 39.0 Å². The number of alkyl carbamates (subject to hydrolysis) is 1. The Balaban J connectivity index is 1.89. The number of fused-ring (bicyclic) bond motifs is 1. The van der Waals surface area contributed by atoms with Crippen LogP contribution in [-0.4, -0.2) is 34.7 Å². The molecule has 2 aromatic rings. The Morgan fingerprint density at radius 3 is 2.66 bits per heavy atom. The van der Waals surface area contributed by atoms with Crippen molar-refractivity contribution in [2.45, 2.75) is 51.5 Å². The van der Waals surface area contributed by atoms with Crippen LogP contribution in [0.3, 0.4) is 0 Å². The van der Waals surface area contributed by atoms with E-state index in [1.165, 1.54) is 12.1 Å². The molecular weight excluding hydrogens is 414 g/mol. The first-order valence-electron chi connectivity index (χ1n) is 10.1. The summed E-state index contributed by atoms with van der Waals surface area (Å²) in [5, 5.41) is 15.4. The number of carbonyl (C=O) groups is 3. The van der Waals surface area contributed by atoms with E-state index in [2.05, 4.69) is 10.6 Å². The zero-order valence-corrected chi connectivity index (χ0v) is 18.2. The predicted molar refractivity (Wildman–Crippen MR) is 117 cm³/mol. The summed E-state index contributed by atoms with van der Waals surface area (Å²) in [5.41, 5.74) is 7.12. The number of nitrogens with one attached hydrogen (secondary N) is 2. The molecule has 5 N–H and O–H groups in total. The molecule has 1 heterocycles. The maximum Gasteiger partial charge on any atom is 0.407 e. The summed E-state index contributed by atoms with van der Waals surface area (Å²) in [6.45, 7) is 5.55. The van der Waals surface area contributed by atoms with Gasteiger partial charge in [-0.2, -0.15) is 0 Å². The summed E-state index contributed by atoms with van der Waals surface area (Å²) in [6.07, 6.45) is -2.69. The second-order valence-electron chi connectivity index (χ2n) is 8.54. The Morgan fingerprint density at radius 1 is 1.22 bits per heavy atom. The molecule has 3 amide bonds. The highest BCUT2D eigenvalue weighted by molar-refractivity contribution is 5.98. The number of phenols is 1. The number of benzene rings is 2. The number of ether oxygens (including phenoxy) is 2. The monoisotopic (exact) mass is 441 g/mol. The van der Waals surface area contributed by atoms with Gasteiger partial charge in [-0.25, -0.2) is 4.79 Å². The van der Waals surface area contributed by atoms with E-state index in [4.69, 9.17) is 15.2 Å². The Hall–Kier alpha value is -3.59. The molecule has 0 aliphatic carbocycles. The molecule has 3 rings (SSSR count). The number of rotatable bonds is 5. The van der Waals surface area contributed by atoms with Gasteiger partial charge in [0, 0.05) is 17.8 Å². The molecule has 9 heteroatoms. The van der Waals surface area contributed by atoms with Crippen LogP contribution in [0.1, 0.15) is 50.0 Å². The van der Waals surface area contributed by atoms with Gasteiger partial charge in [-0.1, -0.05) is 24.3 Å². The Bertz CT molecular complexity index is 1030. The Morgan fingerprint density at radius 2 is 1.97 bits per heavy atom. The van der Waals surface area contributed by atoms with E-state index >= 15 is 0 Å². The van der Waals surface area contributed by atoms with Crippen LogP contribution in [-0.2, 0) is 25.6 Å². The summed E-state index contributed by atoms with van der Waals surface area (Å²) in [5.74, 6) is -1.17. The molecule has 0 saturated heterocycles. The van der Waals surface area contributed by atoms with Crippen molar-refractivity contribution < 1.29 is 29.0 Å². The third-order valence-corrected chi connectivity index (χ3v) is 4.64. The maximum atomic E-state index is 12.6. The zero-order valence-electron chi connectivity index (χ0n) is 18.2. The summed E-state index contributed by atoms with van der Waals surface area (Å²) in [7, 11) is 0. The van der Waals surface area contributed by atoms with Crippen molar-refractivity contribution in [1.29, 1.82) is 0 Å². The molecular formula is C23H27N3O6. The van der Waals surface area contributed by atoms with Gasteiger partial charge in [-0.3, -0.25) is 9.59 Å². The molecule has 9 nitrogen and oxygen atoms in total. The van der Waals surface area contributed by atoms with Gasteiger partial charge in [0.2, 0.25) is 5.91 Å². The number of amides is 3. The highest BCUT2D eigenvalue weighted by Crippen LogP contribution is 2.38. The highest BCUT2D eigenvalue weighted by atomic mass is 16.6. The molecule has 0 spiro atoms. The van der Waals surface area contributed by atoms with Crippen LogP contribution in [0.25, 0.3) is 0 Å². The highest BCUT2D eigenvalue weighted by Gasteiger charge is 2.33. The Labute approximate surface area is 185 Å². The zero-order chi connectivity index (χ0) is 23.5. The molecule has 170 valence electrons. The fraction of sp³-hybridized carbons (Fsp3) is 0.348. The summed E-state index contributed by atoms with van der Waals surface area (Å²) in [6, 6.07) is 11.7. The van der Waals surface area contributed by atoms with Gasteiger partial charge in [-0.15, -0.1) is 0 Å². The predicted octanol–water partition coefficient (Wildman–Crippen LogP) is 2.72. The third-order valence-electron chi connectivity index (χ3n) is 4.64. The normalized spacial score (nSPS) is 18.2. The van der Waals surface area contributed by atoms with Gasteiger partial charge in [0.05, 0.1) is 6.42 Å². The lowest BCUT2D eigenvalue weighted by Crippen LogP contribution is -2.33. The first-order chi connectivity index (χ1) is 15.0. The van der Waals surface area contributed by atoms with Crippen molar-refractivity contribution in [2.24, 2.45) is 5.73 Å². The van der Waals surface area contributed by atoms with Crippen LogP contribution >= 0.6 is 0 Å². The van der Waals surface area contributed by atoms with Gasteiger partial charge in [0.15, 0.2) is 0 Å². The number of hydrogen-bond acceptors (Lipinski definition) is 6. The van der Waals surface area contributed by atoms with E-state index in [9.17, 15) is 19.5 Å². The molecule has 1 aliphatic rings. The average Bonchev–Trinajstić information content (AvgIpc) is 2.82. The Kier molecular flexibility index (Phi) is 6.69. The number of aromatic hydroxyl groups is 1. The average molecular weight is 441 g/mol. The largest absolute Gasteiger partial charge is 0.508 e. The minimum atomic E-state index is -1.10. The first-order valence-corrected chi connectivity index (χ1v) is 10.1. The summed E-state index contributed by atoms with van der Waals surface area (Å²) >= 11 is 0. The molecule has 0 saturated carbocycles. The minimum absolute atomic E-state index is 0.00250. The quantitative estimate of drug-likeness (QED) is 0.526. The number of carbonyl (C=O) groups excluding carboxylic acids is 3. The van der Waals surface area contributed by atoms with Gasteiger partial charge in [-0.05, 0) is 50.1 Å². The lowest BCUT2D eigenvalue weighted by Gasteiger charge is -2.22. The number of nitrogens with two attached hydrogens (primary N) is 1. The molecule has 0 aromatic heterocycles. The fourth-order valence-electron chi connectivity index (χ4n) is 3.33. The van der Waals surface area contributed by atoms with Crippen molar-refractivity contribution in [3.05, 3.63) is 59.2 Å². The number of primary amides is 1. The van der Waals surface area contributed by atoms with Crippen molar-refractivity contribution in [2.75, 3.05) is 5.32 Å². The molecule has 2 aromatic carbocycles. The van der Waals surface area contributed by atoms with E-state index < -0.39 is 35.7 Å². The lowest BCUT2D eigenvalue weighted by molar-refractivity contribution is -0.135. The van der Waals surface area contributed by atoms with Crippen molar-refractivity contribution in [3.8, 4) is 5.75 Å². The fourth-order valence-corrected chi connectivity index (χ4v) is 3.33. The van der Waals surface area contributed by atoms with Crippen molar-refractivity contribution in [1.82, 2.24) is 5.32 Å². The van der Waals surface area contributed by atoms with Gasteiger partial charge >= 0.3 is 6.09 Å². The van der Waals surface area contributed by atoms with E-state index in [-0.39, 0.29) is 18.7 Å². The van der Waals surface area contributed by atoms with Crippen LogP contribution in [0.5, 0.6) is 5.75 Å². The SMILES string of the molecule is CC(C)(C)OC(=O)NCc1cccc(C2OC(CC(N)=O)C(=O)Nc3ccc(O)cc32)c1. The van der Waals surface area contributed by atoms with Crippen molar-refractivity contribution >= 4 is 23.6 Å². The van der Waals surface area contributed by atoms with Crippen LogP contribution in [0.15, 0.2) is 42.5 Å². The molecule has 0 fully saturated rings. The first kappa shape index (κ1) is 23.1. The van der Waals surface area contributed by atoms with Crippen LogP contribution in [0.2, 0.25) is 0 Å². The second-order valence-corrected chi connectivity index (χ2v) is 8.54.